The first kappa shape index (κ1) is 15.8. The minimum absolute atomic E-state index is 0.0906. The van der Waals surface area contributed by atoms with E-state index < -0.39 is 5.60 Å². The van der Waals surface area contributed by atoms with E-state index in [1.54, 1.807) is 0 Å². The summed E-state index contributed by atoms with van der Waals surface area (Å²) in [5.74, 6) is 0.379. The van der Waals surface area contributed by atoms with Gasteiger partial charge in [-0.2, -0.15) is 0 Å². The van der Waals surface area contributed by atoms with Crippen molar-refractivity contribution in [2.45, 2.75) is 75.9 Å². The fourth-order valence-corrected chi connectivity index (χ4v) is 4.24. The molecule has 0 bridgehead atoms. The fraction of sp³-hybridized carbons (Fsp3) is 0.882. The molecule has 2 saturated heterocycles. The lowest BCUT2D eigenvalue weighted by Gasteiger charge is -2.40. The van der Waals surface area contributed by atoms with E-state index >= 15 is 0 Å². The van der Waals surface area contributed by atoms with Crippen LogP contribution in [0.15, 0.2) is 0 Å². The second-order valence-electron chi connectivity index (χ2n) is 7.26. The standard InChI is InChI=1S/C17H28N2O3/c20-15-5-1-4-10-19(15)14-6-11-18(12-7-14)16(21)13-17(22)8-2-3-9-17/h14,22H,1-13H2. The molecule has 0 radical (unpaired) electrons. The average molecular weight is 308 g/mol. The van der Waals surface area contributed by atoms with E-state index in [9.17, 15) is 14.7 Å². The highest BCUT2D eigenvalue weighted by molar-refractivity contribution is 5.78. The Hall–Kier alpha value is -1.10. The highest BCUT2D eigenvalue weighted by Gasteiger charge is 2.36. The summed E-state index contributed by atoms with van der Waals surface area (Å²) in [5, 5.41) is 10.4. The number of piperidine rings is 2. The highest BCUT2D eigenvalue weighted by Crippen LogP contribution is 2.33. The van der Waals surface area contributed by atoms with E-state index in [1.807, 2.05) is 9.80 Å². The van der Waals surface area contributed by atoms with Crippen LogP contribution >= 0.6 is 0 Å². The number of rotatable bonds is 3. The minimum Gasteiger partial charge on any atom is -0.389 e. The molecule has 5 heteroatoms. The van der Waals surface area contributed by atoms with E-state index in [0.717, 1.165) is 71.0 Å². The zero-order valence-electron chi connectivity index (χ0n) is 13.4. The molecule has 0 aromatic rings. The van der Waals surface area contributed by atoms with Gasteiger partial charge in [-0.15, -0.1) is 0 Å². The summed E-state index contributed by atoms with van der Waals surface area (Å²) in [6.45, 7) is 2.34. The number of carbonyl (C=O) groups is 2. The number of nitrogens with zero attached hydrogens (tertiary/aromatic N) is 2. The highest BCUT2D eigenvalue weighted by atomic mass is 16.3. The van der Waals surface area contributed by atoms with Crippen molar-refractivity contribution in [1.82, 2.24) is 9.80 Å². The number of likely N-dealkylation sites (tertiary alicyclic amines) is 2. The van der Waals surface area contributed by atoms with Gasteiger partial charge in [0.2, 0.25) is 11.8 Å². The Kier molecular flexibility index (Phi) is 4.71. The van der Waals surface area contributed by atoms with Crippen molar-refractivity contribution in [1.29, 1.82) is 0 Å². The molecular formula is C17H28N2O3. The predicted octanol–water partition coefficient (Wildman–Crippen LogP) is 1.69. The molecule has 3 fully saturated rings. The lowest BCUT2D eigenvalue weighted by Crippen LogP contribution is -2.50. The van der Waals surface area contributed by atoms with Crippen molar-refractivity contribution in [3.63, 3.8) is 0 Å². The molecule has 1 N–H and O–H groups in total. The fourth-order valence-electron chi connectivity index (χ4n) is 4.24. The summed E-state index contributed by atoms with van der Waals surface area (Å²) in [6.07, 6.45) is 8.45. The molecule has 22 heavy (non-hydrogen) atoms. The van der Waals surface area contributed by atoms with Crippen LogP contribution in [0, 0.1) is 0 Å². The Morgan fingerprint density at radius 2 is 1.77 bits per heavy atom. The molecule has 3 aliphatic rings. The summed E-state index contributed by atoms with van der Waals surface area (Å²) in [6, 6.07) is 0.311. The largest absolute Gasteiger partial charge is 0.389 e. The molecule has 0 spiro atoms. The monoisotopic (exact) mass is 308 g/mol. The van der Waals surface area contributed by atoms with Crippen LogP contribution in [0.25, 0.3) is 0 Å². The number of amides is 2. The van der Waals surface area contributed by atoms with Gasteiger partial charge >= 0.3 is 0 Å². The summed E-state index contributed by atoms with van der Waals surface area (Å²) in [7, 11) is 0. The summed E-state index contributed by atoms with van der Waals surface area (Å²) >= 11 is 0. The molecule has 1 aliphatic carbocycles. The molecule has 0 aromatic carbocycles. The smallest absolute Gasteiger partial charge is 0.225 e. The van der Waals surface area contributed by atoms with E-state index in [0.29, 0.717) is 12.5 Å². The third kappa shape index (κ3) is 3.45. The van der Waals surface area contributed by atoms with Crippen LogP contribution in [0.2, 0.25) is 0 Å². The molecule has 124 valence electrons. The third-order valence-electron chi connectivity index (χ3n) is 5.63. The quantitative estimate of drug-likeness (QED) is 0.863. The van der Waals surface area contributed by atoms with Crippen LogP contribution in [0.4, 0.5) is 0 Å². The van der Waals surface area contributed by atoms with Crippen molar-refractivity contribution in [3.05, 3.63) is 0 Å². The van der Waals surface area contributed by atoms with E-state index in [2.05, 4.69) is 0 Å². The number of hydrogen-bond donors (Lipinski definition) is 1. The van der Waals surface area contributed by atoms with Gasteiger partial charge in [-0.3, -0.25) is 9.59 Å². The zero-order chi connectivity index (χ0) is 15.6. The van der Waals surface area contributed by atoms with Crippen LogP contribution < -0.4 is 0 Å². The SMILES string of the molecule is O=C(CC1(O)CCCC1)N1CCC(N2CCCCC2=O)CC1. The maximum Gasteiger partial charge on any atom is 0.225 e. The van der Waals surface area contributed by atoms with Gasteiger partial charge in [0.25, 0.3) is 0 Å². The van der Waals surface area contributed by atoms with Gasteiger partial charge in [0.1, 0.15) is 0 Å². The Balaban J connectivity index is 1.48. The first-order valence-corrected chi connectivity index (χ1v) is 8.87. The normalized spacial score (nSPS) is 26.5. The van der Waals surface area contributed by atoms with Crippen molar-refractivity contribution in [2.24, 2.45) is 0 Å². The van der Waals surface area contributed by atoms with Gasteiger partial charge < -0.3 is 14.9 Å². The van der Waals surface area contributed by atoms with Crippen molar-refractivity contribution >= 4 is 11.8 Å². The molecule has 0 atom stereocenters. The third-order valence-corrected chi connectivity index (χ3v) is 5.63. The van der Waals surface area contributed by atoms with Crippen LogP contribution in [0.5, 0.6) is 0 Å². The van der Waals surface area contributed by atoms with Gasteiger partial charge in [-0.05, 0) is 38.5 Å². The molecule has 2 aliphatic heterocycles. The Morgan fingerprint density at radius 3 is 2.41 bits per heavy atom. The molecule has 2 amide bonds. The van der Waals surface area contributed by atoms with Crippen LogP contribution in [-0.2, 0) is 9.59 Å². The lowest BCUT2D eigenvalue weighted by molar-refractivity contribution is -0.140. The molecule has 5 nitrogen and oxygen atoms in total. The van der Waals surface area contributed by atoms with E-state index in [-0.39, 0.29) is 18.2 Å². The maximum atomic E-state index is 12.4. The Morgan fingerprint density at radius 1 is 1.09 bits per heavy atom. The number of carbonyl (C=O) groups excluding carboxylic acids is 2. The van der Waals surface area contributed by atoms with E-state index in [1.165, 1.54) is 0 Å². The predicted molar refractivity (Wildman–Crippen MR) is 83.2 cm³/mol. The topological polar surface area (TPSA) is 60.9 Å². The summed E-state index contributed by atoms with van der Waals surface area (Å²) in [4.78, 5) is 28.3. The maximum absolute atomic E-state index is 12.4. The first-order chi connectivity index (χ1) is 10.6. The molecule has 0 aromatic heterocycles. The van der Waals surface area contributed by atoms with Crippen LogP contribution in [0.3, 0.4) is 0 Å². The Labute approximate surface area is 132 Å². The van der Waals surface area contributed by atoms with E-state index in [4.69, 9.17) is 0 Å². The lowest BCUT2D eigenvalue weighted by atomic mass is 9.95. The van der Waals surface area contributed by atoms with Gasteiger partial charge in [0, 0.05) is 32.1 Å². The second-order valence-corrected chi connectivity index (χ2v) is 7.26. The molecular weight excluding hydrogens is 280 g/mol. The van der Waals surface area contributed by atoms with Gasteiger partial charge in [-0.25, -0.2) is 0 Å². The van der Waals surface area contributed by atoms with Gasteiger partial charge in [0.15, 0.2) is 0 Å². The summed E-state index contributed by atoms with van der Waals surface area (Å²) in [5.41, 5.74) is -0.753. The summed E-state index contributed by atoms with van der Waals surface area (Å²) < 4.78 is 0. The molecule has 2 heterocycles. The van der Waals surface area contributed by atoms with Crippen molar-refractivity contribution < 1.29 is 14.7 Å². The first-order valence-electron chi connectivity index (χ1n) is 8.87. The average Bonchev–Trinajstić information content (AvgIpc) is 2.94. The molecule has 0 unspecified atom stereocenters. The van der Waals surface area contributed by atoms with Crippen molar-refractivity contribution in [3.8, 4) is 0 Å². The number of hydrogen-bond acceptors (Lipinski definition) is 3. The number of aliphatic hydroxyl groups is 1. The second kappa shape index (κ2) is 6.57. The Bertz CT molecular complexity index is 424. The molecule has 3 rings (SSSR count). The van der Waals surface area contributed by atoms with Gasteiger partial charge in [0.05, 0.1) is 12.0 Å². The minimum atomic E-state index is -0.753. The molecule has 1 saturated carbocycles. The van der Waals surface area contributed by atoms with Gasteiger partial charge in [-0.1, -0.05) is 12.8 Å². The van der Waals surface area contributed by atoms with Crippen LogP contribution in [-0.4, -0.2) is 58.0 Å². The van der Waals surface area contributed by atoms with Crippen molar-refractivity contribution in [2.75, 3.05) is 19.6 Å². The zero-order valence-corrected chi connectivity index (χ0v) is 13.4. The van der Waals surface area contributed by atoms with Crippen LogP contribution in [0.1, 0.15) is 64.2 Å².